The van der Waals surface area contributed by atoms with Crippen molar-refractivity contribution in [1.29, 1.82) is 0 Å². The van der Waals surface area contributed by atoms with Crippen molar-refractivity contribution in [2.24, 2.45) is 0 Å². The Balaban J connectivity index is 1.63. The maximum Gasteiger partial charge on any atom is 0.0576 e. The van der Waals surface area contributed by atoms with Crippen molar-refractivity contribution >= 4 is 11.3 Å². The molecule has 2 unspecified atom stereocenters. The van der Waals surface area contributed by atoms with E-state index < -0.39 is 0 Å². The zero-order valence-corrected chi connectivity index (χ0v) is 14.1. The summed E-state index contributed by atoms with van der Waals surface area (Å²) < 4.78 is 5.80. The molecule has 0 bridgehead atoms. The van der Waals surface area contributed by atoms with Crippen LogP contribution in [0.5, 0.6) is 0 Å². The summed E-state index contributed by atoms with van der Waals surface area (Å²) in [4.78, 5) is 3.24. The number of fused-ring (bicyclic) bond motifs is 1. The minimum absolute atomic E-state index is 0.519. The molecule has 21 heavy (non-hydrogen) atoms. The van der Waals surface area contributed by atoms with Gasteiger partial charge in [-0.1, -0.05) is 6.92 Å². The molecule has 1 fully saturated rings. The van der Waals surface area contributed by atoms with E-state index >= 15 is 0 Å². The van der Waals surface area contributed by atoms with Gasteiger partial charge >= 0.3 is 0 Å². The van der Waals surface area contributed by atoms with Crippen LogP contribution < -0.4 is 5.32 Å². The minimum Gasteiger partial charge on any atom is -0.378 e. The summed E-state index contributed by atoms with van der Waals surface area (Å²) in [6.07, 6.45) is 12.1. The number of thiophene rings is 1. The molecule has 2 atom stereocenters. The molecule has 2 nitrogen and oxygen atoms in total. The molecular formula is C18H29NOS. The third kappa shape index (κ3) is 4.08. The molecule has 0 radical (unpaired) electrons. The molecule has 118 valence electrons. The molecule has 0 saturated carbocycles. The lowest BCUT2D eigenvalue weighted by atomic mass is 9.98. The Labute approximate surface area is 133 Å². The van der Waals surface area contributed by atoms with Crippen molar-refractivity contribution in [3.8, 4) is 0 Å². The normalized spacial score (nSPS) is 23.2. The predicted molar refractivity (Wildman–Crippen MR) is 90.2 cm³/mol. The van der Waals surface area contributed by atoms with Crippen molar-refractivity contribution in [3.63, 3.8) is 0 Å². The van der Waals surface area contributed by atoms with Crippen LogP contribution in [0.15, 0.2) is 6.07 Å². The number of nitrogens with one attached hydrogen (secondary N) is 1. The van der Waals surface area contributed by atoms with Crippen molar-refractivity contribution in [3.05, 3.63) is 21.4 Å². The molecule has 0 aromatic carbocycles. The Kier molecular flexibility index (Phi) is 5.73. The molecule has 0 amide bonds. The largest absolute Gasteiger partial charge is 0.378 e. The van der Waals surface area contributed by atoms with E-state index in [1.54, 1.807) is 15.3 Å². The molecule has 2 heterocycles. The lowest BCUT2D eigenvalue weighted by Crippen LogP contribution is -2.22. The highest BCUT2D eigenvalue weighted by atomic mass is 32.1. The molecule has 1 saturated heterocycles. The summed E-state index contributed by atoms with van der Waals surface area (Å²) in [5.74, 6) is 0. The van der Waals surface area contributed by atoms with E-state index in [0.29, 0.717) is 12.1 Å². The van der Waals surface area contributed by atoms with Crippen LogP contribution in [-0.4, -0.2) is 19.3 Å². The van der Waals surface area contributed by atoms with Gasteiger partial charge in [-0.2, -0.15) is 0 Å². The van der Waals surface area contributed by atoms with Crippen LogP contribution >= 0.6 is 11.3 Å². The van der Waals surface area contributed by atoms with Crippen LogP contribution in [0.4, 0.5) is 0 Å². The van der Waals surface area contributed by atoms with Gasteiger partial charge in [0.15, 0.2) is 0 Å². The van der Waals surface area contributed by atoms with Gasteiger partial charge in [0.2, 0.25) is 0 Å². The smallest absolute Gasteiger partial charge is 0.0576 e. The Hall–Kier alpha value is -0.380. The van der Waals surface area contributed by atoms with Crippen LogP contribution in [-0.2, 0) is 17.6 Å². The van der Waals surface area contributed by atoms with Crippen LogP contribution in [0.3, 0.4) is 0 Å². The minimum atomic E-state index is 0.519. The quantitative estimate of drug-likeness (QED) is 0.793. The molecule has 3 rings (SSSR count). The fourth-order valence-corrected chi connectivity index (χ4v) is 4.94. The molecule has 0 spiro atoms. The van der Waals surface area contributed by atoms with E-state index in [1.807, 2.05) is 0 Å². The first-order valence-corrected chi connectivity index (χ1v) is 9.65. The van der Waals surface area contributed by atoms with E-state index in [9.17, 15) is 0 Å². The summed E-state index contributed by atoms with van der Waals surface area (Å²) in [5.41, 5.74) is 1.64. The van der Waals surface area contributed by atoms with E-state index in [0.717, 1.165) is 13.2 Å². The zero-order valence-electron chi connectivity index (χ0n) is 13.3. The zero-order chi connectivity index (χ0) is 14.5. The standard InChI is InChI=1S/C18H29NOS/c1-2-11-19-16(10-9-15-7-5-12-20-15)18-13-14-6-3-4-8-17(14)21-18/h13,15-16,19H,2-12H2,1H3. The van der Waals surface area contributed by atoms with Gasteiger partial charge in [0.25, 0.3) is 0 Å². The molecule has 1 aliphatic heterocycles. The number of ether oxygens (including phenoxy) is 1. The van der Waals surface area contributed by atoms with E-state index in [-0.39, 0.29) is 0 Å². The number of hydrogen-bond donors (Lipinski definition) is 1. The Morgan fingerprint density at radius 3 is 3.00 bits per heavy atom. The fraction of sp³-hybridized carbons (Fsp3) is 0.778. The molecule has 3 heteroatoms. The van der Waals surface area contributed by atoms with Gasteiger partial charge < -0.3 is 10.1 Å². The monoisotopic (exact) mass is 307 g/mol. The molecule has 1 aromatic heterocycles. The highest BCUT2D eigenvalue weighted by Gasteiger charge is 2.21. The first kappa shape index (κ1) is 15.5. The number of rotatable bonds is 7. The van der Waals surface area contributed by atoms with Gasteiger partial charge in [-0.3, -0.25) is 0 Å². The molecule has 1 aliphatic carbocycles. The van der Waals surface area contributed by atoms with Gasteiger partial charge in [-0.05, 0) is 76.0 Å². The van der Waals surface area contributed by atoms with E-state index in [1.165, 1.54) is 57.8 Å². The van der Waals surface area contributed by atoms with Crippen molar-refractivity contribution < 1.29 is 4.74 Å². The molecule has 1 N–H and O–H groups in total. The highest BCUT2D eigenvalue weighted by molar-refractivity contribution is 7.12. The Morgan fingerprint density at radius 1 is 1.33 bits per heavy atom. The maximum absolute atomic E-state index is 5.80. The molecular weight excluding hydrogens is 278 g/mol. The summed E-state index contributed by atoms with van der Waals surface area (Å²) >= 11 is 2.07. The molecule has 1 aromatic rings. The average molecular weight is 308 g/mol. The second-order valence-corrected chi connectivity index (χ2v) is 7.69. The third-order valence-corrected chi connectivity index (χ3v) is 6.15. The lowest BCUT2D eigenvalue weighted by molar-refractivity contribution is 0.0997. The fourth-order valence-electron chi connectivity index (χ4n) is 3.57. The van der Waals surface area contributed by atoms with Crippen LogP contribution in [0.1, 0.15) is 73.2 Å². The number of hydrogen-bond acceptors (Lipinski definition) is 3. The Morgan fingerprint density at radius 2 is 2.24 bits per heavy atom. The van der Waals surface area contributed by atoms with Crippen molar-refractivity contribution in [2.45, 2.75) is 76.9 Å². The van der Waals surface area contributed by atoms with Crippen molar-refractivity contribution in [2.75, 3.05) is 13.2 Å². The van der Waals surface area contributed by atoms with E-state index in [4.69, 9.17) is 4.74 Å². The van der Waals surface area contributed by atoms with Gasteiger partial charge in [-0.25, -0.2) is 0 Å². The third-order valence-electron chi connectivity index (χ3n) is 4.80. The van der Waals surface area contributed by atoms with Gasteiger partial charge in [0, 0.05) is 22.4 Å². The second kappa shape index (κ2) is 7.75. The summed E-state index contributed by atoms with van der Waals surface area (Å²) in [6.45, 7) is 4.35. The predicted octanol–water partition coefficient (Wildman–Crippen LogP) is 4.63. The van der Waals surface area contributed by atoms with Gasteiger partial charge in [0.05, 0.1) is 6.10 Å². The van der Waals surface area contributed by atoms with E-state index in [2.05, 4.69) is 29.6 Å². The van der Waals surface area contributed by atoms with Crippen molar-refractivity contribution in [1.82, 2.24) is 5.32 Å². The topological polar surface area (TPSA) is 21.3 Å². The Bertz CT molecular complexity index is 413. The average Bonchev–Trinajstić information content (AvgIpc) is 3.16. The maximum atomic E-state index is 5.80. The van der Waals surface area contributed by atoms with Crippen LogP contribution in [0.2, 0.25) is 0 Å². The summed E-state index contributed by atoms with van der Waals surface area (Å²) in [5, 5.41) is 3.77. The first-order valence-electron chi connectivity index (χ1n) is 8.83. The van der Waals surface area contributed by atoms with Crippen LogP contribution in [0, 0.1) is 0 Å². The lowest BCUT2D eigenvalue weighted by Gasteiger charge is -2.19. The SMILES string of the molecule is CCCNC(CCC1CCCO1)c1cc2c(s1)CCCC2. The first-order chi connectivity index (χ1) is 10.4. The second-order valence-electron chi connectivity index (χ2n) is 6.52. The highest BCUT2D eigenvalue weighted by Crippen LogP contribution is 2.35. The van der Waals surface area contributed by atoms with Crippen LogP contribution in [0.25, 0.3) is 0 Å². The molecule has 2 aliphatic rings. The summed E-state index contributed by atoms with van der Waals surface area (Å²) in [6, 6.07) is 3.05. The van der Waals surface area contributed by atoms with Gasteiger partial charge in [0.1, 0.15) is 0 Å². The summed E-state index contributed by atoms with van der Waals surface area (Å²) in [7, 11) is 0. The number of aryl methyl sites for hydroxylation is 2. The van der Waals surface area contributed by atoms with Gasteiger partial charge in [-0.15, -0.1) is 11.3 Å².